The van der Waals surface area contributed by atoms with Crippen LogP contribution in [0.4, 0.5) is 0 Å². The van der Waals surface area contributed by atoms with Gasteiger partial charge in [-0.05, 0) is 53.3 Å². The van der Waals surface area contributed by atoms with Crippen LogP contribution in [0.2, 0.25) is 0 Å². The van der Waals surface area contributed by atoms with E-state index in [1.54, 1.807) is 0 Å². The Balaban J connectivity index is 2.41. The highest BCUT2D eigenvalue weighted by atomic mass is 127. The van der Waals surface area contributed by atoms with Crippen molar-refractivity contribution in [2.75, 3.05) is 7.11 Å². The summed E-state index contributed by atoms with van der Waals surface area (Å²) in [6.07, 6.45) is 1.58. The van der Waals surface area contributed by atoms with Gasteiger partial charge in [-0.2, -0.15) is 0 Å². The molecule has 2 aromatic rings. The summed E-state index contributed by atoms with van der Waals surface area (Å²) in [6.45, 7) is 2.03. The van der Waals surface area contributed by atoms with Crippen molar-refractivity contribution in [1.82, 2.24) is 4.98 Å². The Labute approximate surface area is 125 Å². The van der Waals surface area contributed by atoms with Gasteiger partial charge in [-0.15, -0.1) is 0 Å². The van der Waals surface area contributed by atoms with E-state index in [0.29, 0.717) is 18.0 Å². The van der Waals surface area contributed by atoms with E-state index < -0.39 is 5.97 Å². The van der Waals surface area contributed by atoms with Crippen molar-refractivity contribution in [3.8, 4) is 11.5 Å². The molecule has 0 radical (unpaired) electrons. The molecule has 0 aliphatic heterocycles. The predicted molar refractivity (Wildman–Crippen MR) is 80.0 cm³/mol. The number of aryl methyl sites for hydroxylation is 1. The molecule has 0 bridgehead atoms. The molecule has 1 aromatic carbocycles. The number of esters is 1. The normalized spacial score (nSPS) is 10.5. The predicted octanol–water partition coefficient (Wildman–Crippen LogP) is 3.69. The van der Waals surface area contributed by atoms with E-state index in [0.717, 1.165) is 15.6 Å². The van der Waals surface area contributed by atoms with Gasteiger partial charge in [0.15, 0.2) is 0 Å². The lowest BCUT2D eigenvalue weighted by Gasteiger charge is -1.96. The highest BCUT2D eigenvalue weighted by Crippen LogP contribution is 2.24. The number of aromatic nitrogens is 1. The van der Waals surface area contributed by atoms with Crippen molar-refractivity contribution in [3.63, 3.8) is 0 Å². The number of halogens is 1. The second kappa shape index (κ2) is 6.18. The SMILES string of the molecule is CCCc1nc(-c2ccc(I)cc2)oc1C(=O)OC. The fraction of sp³-hybridized carbons (Fsp3) is 0.286. The number of nitrogens with zero attached hydrogens (tertiary/aromatic N) is 1. The maximum Gasteiger partial charge on any atom is 0.376 e. The molecular formula is C14H14INO3. The van der Waals surface area contributed by atoms with E-state index in [4.69, 9.17) is 9.15 Å². The van der Waals surface area contributed by atoms with Crippen LogP contribution in [0.5, 0.6) is 0 Å². The van der Waals surface area contributed by atoms with Crippen LogP contribution in [-0.4, -0.2) is 18.1 Å². The van der Waals surface area contributed by atoms with Gasteiger partial charge in [-0.3, -0.25) is 0 Å². The highest BCUT2D eigenvalue weighted by molar-refractivity contribution is 14.1. The van der Waals surface area contributed by atoms with Gasteiger partial charge in [-0.1, -0.05) is 13.3 Å². The zero-order valence-corrected chi connectivity index (χ0v) is 12.9. The molecule has 0 atom stereocenters. The molecule has 2 rings (SSSR count). The fourth-order valence-electron chi connectivity index (χ4n) is 1.73. The first kappa shape index (κ1) is 14.0. The lowest BCUT2D eigenvalue weighted by molar-refractivity contribution is 0.0564. The quantitative estimate of drug-likeness (QED) is 0.608. The van der Waals surface area contributed by atoms with Crippen LogP contribution in [0, 0.1) is 3.57 Å². The van der Waals surface area contributed by atoms with Crippen LogP contribution in [0.3, 0.4) is 0 Å². The Morgan fingerprint density at radius 1 is 1.37 bits per heavy atom. The molecule has 0 amide bonds. The van der Waals surface area contributed by atoms with Crippen molar-refractivity contribution in [3.05, 3.63) is 39.3 Å². The van der Waals surface area contributed by atoms with Gasteiger partial charge in [0, 0.05) is 9.13 Å². The molecule has 19 heavy (non-hydrogen) atoms. The Kier molecular flexibility index (Phi) is 4.57. The number of benzene rings is 1. The van der Waals surface area contributed by atoms with Gasteiger partial charge in [-0.25, -0.2) is 9.78 Å². The molecule has 0 spiro atoms. The Hall–Kier alpha value is -1.37. The van der Waals surface area contributed by atoms with Gasteiger partial charge >= 0.3 is 5.97 Å². The van der Waals surface area contributed by atoms with Gasteiger partial charge in [0.1, 0.15) is 0 Å². The summed E-state index contributed by atoms with van der Waals surface area (Å²) in [5.74, 6) is 0.186. The van der Waals surface area contributed by atoms with E-state index in [-0.39, 0.29) is 5.76 Å². The standard InChI is InChI=1S/C14H14INO3/c1-3-4-11-12(14(17)18-2)19-13(16-11)9-5-7-10(15)8-6-9/h5-8H,3-4H2,1-2H3. The van der Waals surface area contributed by atoms with Crippen molar-refractivity contribution in [2.24, 2.45) is 0 Å². The van der Waals surface area contributed by atoms with Gasteiger partial charge in [0.25, 0.3) is 0 Å². The third-order valence-electron chi connectivity index (χ3n) is 2.65. The van der Waals surface area contributed by atoms with Gasteiger partial charge in [0.2, 0.25) is 11.7 Å². The molecule has 0 saturated heterocycles. The van der Waals surface area contributed by atoms with Gasteiger partial charge < -0.3 is 9.15 Å². The minimum Gasteiger partial charge on any atom is -0.463 e. The summed E-state index contributed by atoms with van der Waals surface area (Å²) in [7, 11) is 1.34. The fourth-order valence-corrected chi connectivity index (χ4v) is 2.09. The molecule has 1 aromatic heterocycles. The minimum absolute atomic E-state index is 0.206. The Morgan fingerprint density at radius 2 is 2.05 bits per heavy atom. The number of ether oxygens (including phenoxy) is 1. The van der Waals surface area contributed by atoms with Crippen molar-refractivity contribution in [2.45, 2.75) is 19.8 Å². The monoisotopic (exact) mass is 371 g/mol. The lowest BCUT2D eigenvalue weighted by atomic mass is 10.2. The zero-order chi connectivity index (χ0) is 13.8. The van der Waals surface area contributed by atoms with Crippen LogP contribution < -0.4 is 0 Å². The average molecular weight is 371 g/mol. The first-order valence-corrected chi connectivity index (χ1v) is 7.07. The molecule has 100 valence electrons. The summed E-state index contributed by atoms with van der Waals surface area (Å²) >= 11 is 2.23. The second-order valence-corrected chi connectivity index (χ2v) is 5.29. The smallest absolute Gasteiger partial charge is 0.376 e. The van der Waals surface area contributed by atoms with E-state index in [2.05, 4.69) is 27.6 Å². The lowest BCUT2D eigenvalue weighted by Crippen LogP contribution is -2.03. The number of oxazole rings is 1. The summed E-state index contributed by atoms with van der Waals surface area (Å²) in [6, 6.07) is 7.78. The molecule has 4 nitrogen and oxygen atoms in total. The molecule has 0 saturated carbocycles. The largest absolute Gasteiger partial charge is 0.463 e. The van der Waals surface area contributed by atoms with Crippen LogP contribution in [0.1, 0.15) is 29.6 Å². The maximum absolute atomic E-state index is 11.7. The Bertz CT molecular complexity index is 575. The van der Waals surface area contributed by atoms with E-state index in [1.807, 2.05) is 31.2 Å². The molecule has 0 aliphatic carbocycles. The second-order valence-electron chi connectivity index (χ2n) is 4.04. The number of carbonyl (C=O) groups is 1. The number of hydrogen-bond acceptors (Lipinski definition) is 4. The maximum atomic E-state index is 11.7. The van der Waals surface area contributed by atoms with Gasteiger partial charge in [0.05, 0.1) is 12.8 Å². The number of carbonyl (C=O) groups excluding carboxylic acids is 1. The van der Waals surface area contributed by atoms with Crippen molar-refractivity contribution in [1.29, 1.82) is 0 Å². The first-order chi connectivity index (χ1) is 9.15. The highest BCUT2D eigenvalue weighted by Gasteiger charge is 2.20. The molecular weight excluding hydrogens is 357 g/mol. The summed E-state index contributed by atoms with van der Waals surface area (Å²) in [5.41, 5.74) is 1.51. The molecule has 1 heterocycles. The average Bonchev–Trinajstić information content (AvgIpc) is 2.83. The molecule has 0 N–H and O–H groups in total. The Morgan fingerprint density at radius 3 is 2.63 bits per heavy atom. The van der Waals surface area contributed by atoms with E-state index in [1.165, 1.54) is 7.11 Å². The summed E-state index contributed by atoms with van der Waals surface area (Å²) in [5, 5.41) is 0. The summed E-state index contributed by atoms with van der Waals surface area (Å²) in [4.78, 5) is 16.0. The molecule has 0 fully saturated rings. The van der Waals surface area contributed by atoms with E-state index in [9.17, 15) is 4.79 Å². The number of hydrogen-bond donors (Lipinski definition) is 0. The van der Waals surface area contributed by atoms with Crippen LogP contribution in [0.25, 0.3) is 11.5 Å². The molecule has 5 heteroatoms. The van der Waals surface area contributed by atoms with E-state index >= 15 is 0 Å². The van der Waals surface area contributed by atoms with Crippen LogP contribution >= 0.6 is 22.6 Å². The number of methoxy groups -OCH3 is 1. The third kappa shape index (κ3) is 3.15. The van der Waals surface area contributed by atoms with Crippen LogP contribution in [0.15, 0.2) is 28.7 Å². The molecule has 0 aliphatic rings. The third-order valence-corrected chi connectivity index (χ3v) is 3.37. The number of rotatable bonds is 4. The topological polar surface area (TPSA) is 52.3 Å². The van der Waals surface area contributed by atoms with Crippen LogP contribution in [-0.2, 0) is 11.2 Å². The summed E-state index contributed by atoms with van der Waals surface area (Å²) < 4.78 is 11.4. The van der Waals surface area contributed by atoms with Crippen molar-refractivity contribution < 1.29 is 13.9 Å². The van der Waals surface area contributed by atoms with Crippen molar-refractivity contribution >= 4 is 28.6 Å². The minimum atomic E-state index is -0.479. The zero-order valence-electron chi connectivity index (χ0n) is 10.8. The molecule has 0 unspecified atom stereocenters. The first-order valence-electron chi connectivity index (χ1n) is 5.99.